The summed E-state index contributed by atoms with van der Waals surface area (Å²) in [4.78, 5) is 11.2. The van der Waals surface area contributed by atoms with Gasteiger partial charge < -0.3 is 15.9 Å². The summed E-state index contributed by atoms with van der Waals surface area (Å²) in [6.45, 7) is 2.05. The second-order valence-corrected chi connectivity index (χ2v) is 9.12. The molecule has 2 aliphatic rings. The van der Waals surface area contributed by atoms with Crippen molar-refractivity contribution >= 4 is 5.91 Å². The average Bonchev–Trinajstić information content (AvgIpc) is 3.23. The summed E-state index contributed by atoms with van der Waals surface area (Å²) in [5.41, 5.74) is 10.7. The van der Waals surface area contributed by atoms with Gasteiger partial charge in [0, 0.05) is 17.9 Å². The topological polar surface area (TPSA) is 83.5 Å². The van der Waals surface area contributed by atoms with E-state index in [0.29, 0.717) is 23.8 Å². The van der Waals surface area contributed by atoms with E-state index < -0.39 is 12.0 Å². The molecule has 5 atom stereocenters. The minimum Gasteiger partial charge on any atom is -0.392 e. The van der Waals surface area contributed by atoms with Gasteiger partial charge in [0.05, 0.1) is 12.2 Å². The summed E-state index contributed by atoms with van der Waals surface area (Å²) in [7, 11) is 0. The molecule has 4 N–H and O–H groups in total. The van der Waals surface area contributed by atoms with Crippen LogP contribution in [0.15, 0.2) is 72.3 Å². The molecule has 4 rings (SSSR count). The quantitative estimate of drug-likeness (QED) is 0.600. The van der Waals surface area contributed by atoms with E-state index in [9.17, 15) is 15.0 Å². The van der Waals surface area contributed by atoms with Gasteiger partial charge in [0.2, 0.25) is 5.91 Å². The molecule has 31 heavy (non-hydrogen) atoms. The molecule has 2 aromatic carbocycles. The number of hydrogen-bond acceptors (Lipinski definition) is 3. The summed E-state index contributed by atoms with van der Waals surface area (Å²) in [5, 5.41) is 21.1. The molecule has 4 nitrogen and oxygen atoms in total. The first-order valence-electron chi connectivity index (χ1n) is 11.1. The molecule has 0 aliphatic heterocycles. The molecule has 0 heterocycles. The highest BCUT2D eigenvalue weighted by Crippen LogP contribution is 2.47. The fourth-order valence-electron chi connectivity index (χ4n) is 5.19. The van der Waals surface area contributed by atoms with E-state index >= 15 is 0 Å². The highest BCUT2D eigenvalue weighted by atomic mass is 16.3. The van der Waals surface area contributed by atoms with Crippen LogP contribution in [0.4, 0.5) is 0 Å². The van der Waals surface area contributed by atoms with Crippen LogP contribution in [-0.2, 0) is 12.8 Å². The molecule has 0 unspecified atom stereocenters. The van der Waals surface area contributed by atoms with E-state index in [2.05, 4.69) is 25.1 Å². The van der Waals surface area contributed by atoms with Crippen molar-refractivity contribution in [2.24, 2.45) is 23.5 Å². The van der Waals surface area contributed by atoms with Crippen molar-refractivity contribution < 1.29 is 15.0 Å². The maximum absolute atomic E-state index is 11.2. The number of primary amides is 1. The van der Waals surface area contributed by atoms with Crippen LogP contribution in [0.2, 0.25) is 0 Å². The van der Waals surface area contributed by atoms with Crippen molar-refractivity contribution in [3.05, 3.63) is 94.6 Å². The van der Waals surface area contributed by atoms with Crippen molar-refractivity contribution in [3.63, 3.8) is 0 Å². The Kier molecular flexibility index (Phi) is 6.40. The predicted molar refractivity (Wildman–Crippen MR) is 122 cm³/mol. The van der Waals surface area contributed by atoms with Crippen molar-refractivity contribution in [3.8, 4) is 0 Å². The molecule has 0 radical (unpaired) electrons. The van der Waals surface area contributed by atoms with Gasteiger partial charge in [-0.3, -0.25) is 4.79 Å². The van der Waals surface area contributed by atoms with Gasteiger partial charge in [0.1, 0.15) is 0 Å². The number of rotatable bonds is 7. The SMILES string of the molecule is Cc1cccc(C[C@H](O)C=C[C@@H]2[C@H]3CC(Cc4ccc(C(N)=O)cc4)=C[C@H]3C[C@H]2O)c1. The van der Waals surface area contributed by atoms with Crippen molar-refractivity contribution in [1.82, 2.24) is 0 Å². The van der Waals surface area contributed by atoms with Crippen LogP contribution in [0.3, 0.4) is 0 Å². The lowest BCUT2D eigenvalue weighted by molar-refractivity contribution is 0.1000. The van der Waals surface area contributed by atoms with Gasteiger partial charge in [0.25, 0.3) is 0 Å². The minimum atomic E-state index is -0.550. The molecule has 0 saturated heterocycles. The van der Waals surface area contributed by atoms with Crippen LogP contribution in [0.25, 0.3) is 0 Å². The second-order valence-electron chi connectivity index (χ2n) is 9.12. The summed E-state index contributed by atoms with van der Waals surface area (Å²) < 4.78 is 0. The fraction of sp³-hybridized carbons (Fsp3) is 0.370. The summed E-state index contributed by atoms with van der Waals surface area (Å²) >= 11 is 0. The molecule has 0 spiro atoms. The van der Waals surface area contributed by atoms with Crippen LogP contribution >= 0.6 is 0 Å². The van der Waals surface area contributed by atoms with E-state index in [0.717, 1.165) is 30.4 Å². The molecule has 162 valence electrons. The highest BCUT2D eigenvalue weighted by molar-refractivity contribution is 5.92. The first kappa shape index (κ1) is 21.5. The van der Waals surface area contributed by atoms with E-state index in [4.69, 9.17) is 5.73 Å². The molecule has 0 bridgehead atoms. The monoisotopic (exact) mass is 417 g/mol. The van der Waals surface area contributed by atoms with E-state index in [-0.39, 0.29) is 12.0 Å². The third kappa shape index (κ3) is 5.15. The lowest BCUT2D eigenvalue weighted by Crippen LogP contribution is -2.18. The van der Waals surface area contributed by atoms with Crippen molar-refractivity contribution in [2.75, 3.05) is 0 Å². The molecule has 1 amide bonds. The van der Waals surface area contributed by atoms with Gasteiger partial charge in [-0.2, -0.15) is 0 Å². The van der Waals surface area contributed by atoms with Crippen molar-refractivity contribution in [1.29, 1.82) is 0 Å². The number of nitrogens with two attached hydrogens (primary N) is 1. The number of benzene rings is 2. The standard InChI is InChI=1S/C27H31NO3/c1-17-3-2-4-19(11-17)14-23(29)9-10-24-25-15-20(13-22(25)16-26(24)30)12-18-5-7-21(8-6-18)27(28)31/h2-11,13,22-26,29-30H,12,14-16H2,1H3,(H2,28,31)/t22-,23+,24+,25-,26+/m0/s1. The Morgan fingerprint density at radius 1 is 1.19 bits per heavy atom. The number of hydrogen-bond donors (Lipinski definition) is 3. The zero-order chi connectivity index (χ0) is 22.0. The van der Waals surface area contributed by atoms with Gasteiger partial charge in [-0.05, 0) is 61.3 Å². The van der Waals surface area contributed by atoms with Crippen LogP contribution in [-0.4, -0.2) is 28.3 Å². The Labute approximate surface area is 184 Å². The minimum absolute atomic E-state index is 0.0724. The van der Waals surface area contributed by atoms with Crippen LogP contribution in [0.1, 0.15) is 39.9 Å². The first-order valence-corrected chi connectivity index (χ1v) is 11.1. The van der Waals surface area contributed by atoms with Crippen molar-refractivity contribution in [2.45, 2.75) is 44.8 Å². The molecule has 4 heteroatoms. The Morgan fingerprint density at radius 2 is 1.97 bits per heavy atom. The summed E-state index contributed by atoms with van der Waals surface area (Å²) in [5.74, 6) is 0.438. The number of fused-ring (bicyclic) bond motifs is 1. The lowest BCUT2D eigenvalue weighted by atomic mass is 9.88. The molecule has 1 saturated carbocycles. The summed E-state index contributed by atoms with van der Waals surface area (Å²) in [6, 6.07) is 15.7. The third-order valence-electron chi connectivity index (χ3n) is 6.70. The number of carbonyl (C=O) groups is 1. The van der Waals surface area contributed by atoms with Gasteiger partial charge in [0.15, 0.2) is 0 Å². The van der Waals surface area contributed by atoms with E-state index in [1.165, 1.54) is 11.1 Å². The van der Waals surface area contributed by atoms with Gasteiger partial charge in [-0.15, -0.1) is 0 Å². The maximum atomic E-state index is 11.2. The number of carbonyl (C=O) groups excluding carboxylic acids is 1. The van der Waals surface area contributed by atoms with Gasteiger partial charge in [-0.25, -0.2) is 0 Å². The number of aliphatic hydroxyl groups excluding tert-OH is 2. The second kappa shape index (κ2) is 9.21. The van der Waals surface area contributed by atoms with E-state index in [1.807, 2.05) is 36.4 Å². The molecule has 0 aromatic heterocycles. The molecule has 2 aromatic rings. The smallest absolute Gasteiger partial charge is 0.248 e. The third-order valence-corrected chi connectivity index (χ3v) is 6.70. The average molecular weight is 418 g/mol. The molecular weight excluding hydrogens is 386 g/mol. The number of amides is 1. The van der Waals surface area contributed by atoms with Crippen LogP contribution in [0, 0.1) is 24.7 Å². The van der Waals surface area contributed by atoms with E-state index in [1.54, 1.807) is 12.1 Å². The van der Waals surface area contributed by atoms with Crippen LogP contribution in [0.5, 0.6) is 0 Å². The normalized spacial score (nSPS) is 26.1. The number of aliphatic hydroxyl groups is 2. The predicted octanol–water partition coefficient (Wildman–Crippen LogP) is 3.74. The lowest BCUT2D eigenvalue weighted by Gasteiger charge is -2.19. The largest absolute Gasteiger partial charge is 0.392 e. The van der Waals surface area contributed by atoms with Gasteiger partial charge in [-0.1, -0.05) is 65.8 Å². The Hall–Kier alpha value is -2.69. The van der Waals surface area contributed by atoms with Gasteiger partial charge >= 0.3 is 0 Å². The maximum Gasteiger partial charge on any atom is 0.248 e. The molecular formula is C27H31NO3. The number of allylic oxidation sites excluding steroid dienone is 2. The zero-order valence-electron chi connectivity index (χ0n) is 17.9. The molecule has 2 aliphatic carbocycles. The first-order chi connectivity index (χ1) is 14.9. The Balaban J connectivity index is 1.36. The van der Waals surface area contributed by atoms with Crippen LogP contribution < -0.4 is 5.73 Å². The Morgan fingerprint density at radius 3 is 2.68 bits per heavy atom. The highest BCUT2D eigenvalue weighted by Gasteiger charge is 2.43. The zero-order valence-corrected chi connectivity index (χ0v) is 17.9. The Bertz CT molecular complexity index is 992. The molecule has 1 fully saturated rings. The fourth-order valence-corrected chi connectivity index (χ4v) is 5.19. The number of aryl methyl sites for hydroxylation is 1. The summed E-state index contributed by atoms with van der Waals surface area (Å²) in [6.07, 6.45) is 8.49.